The molecule has 0 bridgehead atoms. The number of anilines is 1. The molecule has 3 N–H and O–H groups in total. The van der Waals surface area contributed by atoms with Crippen LogP contribution in [0, 0.1) is 0 Å². The summed E-state index contributed by atoms with van der Waals surface area (Å²) in [7, 11) is 0. The standard InChI is InChI=1S/C11H15N3O2/c12-11-9(2-1-3-14-11)10(15)6-8-7-13-4-5-16-8/h1-3,8,13H,4-7H2,(H2,12,14). The van der Waals surface area contributed by atoms with Crippen molar-refractivity contribution in [3.05, 3.63) is 23.9 Å². The number of carbonyl (C=O) groups excluding carboxylic acids is 1. The summed E-state index contributed by atoms with van der Waals surface area (Å²) in [6.07, 6.45) is 1.87. The smallest absolute Gasteiger partial charge is 0.169 e. The lowest BCUT2D eigenvalue weighted by Crippen LogP contribution is -2.39. The van der Waals surface area contributed by atoms with E-state index in [9.17, 15) is 4.79 Å². The van der Waals surface area contributed by atoms with Gasteiger partial charge in [0.15, 0.2) is 5.78 Å². The summed E-state index contributed by atoms with van der Waals surface area (Å²) in [6, 6.07) is 3.41. The number of aromatic nitrogens is 1. The Morgan fingerprint density at radius 2 is 2.56 bits per heavy atom. The Kier molecular flexibility index (Phi) is 3.48. The summed E-state index contributed by atoms with van der Waals surface area (Å²) >= 11 is 0. The van der Waals surface area contributed by atoms with Gasteiger partial charge < -0.3 is 15.8 Å². The number of ketones is 1. The average Bonchev–Trinajstić information content (AvgIpc) is 2.31. The van der Waals surface area contributed by atoms with Crippen LogP contribution < -0.4 is 11.1 Å². The first-order valence-corrected chi connectivity index (χ1v) is 5.33. The third kappa shape index (κ3) is 2.56. The third-order valence-corrected chi connectivity index (χ3v) is 2.56. The van der Waals surface area contributed by atoms with Crippen molar-refractivity contribution in [1.82, 2.24) is 10.3 Å². The maximum Gasteiger partial charge on any atom is 0.169 e. The molecule has 5 heteroatoms. The normalized spacial score (nSPS) is 20.6. The molecule has 0 radical (unpaired) electrons. The zero-order chi connectivity index (χ0) is 11.4. The van der Waals surface area contributed by atoms with Crippen molar-refractivity contribution in [2.45, 2.75) is 12.5 Å². The highest BCUT2D eigenvalue weighted by Crippen LogP contribution is 2.13. The van der Waals surface area contributed by atoms with Crippen LogP contribution in [0.25, 0.3) is 0 Å². The van der Waals surface area contributed by atoms with E-state index in [1.165, 1.54) is 0 Å². The quantitative estimate of drug-likeness (QED) is 0.714. The number of ether oxygens (including phenoxy) is 1. The van der Waals surface area contributed by atoms with Crippen LogP contribution in [-0.4, -0.2) is 36.6 Å². The van der Waals surface area contributed by atoms with Crippen molar-refractivity contribution in [3.8, 4) is 0 Å². The van der Waals surface area contributed by atoms with Crippen LogP contribution in [0.15, 0.2) is 18.3 Å². The Hall–Kier alpha value is -1.46. The van der Waals surface area contributed by atoms with Gasteiger partial charge in [0, 0.05) is 25.7 Å². The fraction of sp³-hybridized carbons (Fsp3) is 0.455. The highest BCUT2D eigenvalue weighted by atomic mass is 16.5. The Morgan fingerprint density at radius 1 is 1.69 bits per heavy atom. The highest BCUT2D eigenvalue weighted by Gasteiger charge is 2.19. The van der Waals surface area contributed by atoms with Crippen LogP contribution in [0.2, 0.25) is 0 Å². The summed E-state index contributed by atoms with van der Waals surface area (Å²) in [5, 5.41) is 3.18. The maximum atomic E-state index is 11.9. The molecule has 1 aromatic rings. The molecule has 2 rings (SSSR count). The molecule has 5 nitrogen and oxygen atoms in total. The number of hydrogen-bond acceptors (Lipinski definition) is 5. The molecule has 0 aromatic carbocycles. The van der Waals surface area contributed by atoms with Crippen molar-refractivity contribution in [2.24, 2.45) is 0 Å². The lowest BCUT2D eigenvalue weighted by Gasteiger charge is -2.23. The van der Waals surface area contributed by atoms with E-state index < -0.39 is 0 Å². The van der Waals surface area contributed by atoms with Crippen LogP contribution in [-0.2, 0) is 4.74 Å². The van der Waals surface area contributed by atoms with E-state index in [0.717, 1.165) is 6.54 Å². The number of Topliss-reactive ketones (excluding diaryl/α,β-unsaturated/α-hetero) is 1. The molecule has 16 heavy (non-hydrogen) atoms. The number of hydrogen-bond donors (Lipinski definition) is 2. The lowest BCUT2D eigenvalue weighted by atomic mass is 10.1. The molecule has 1 aromatic heterocycles. The van der Waals surface area contributed by atoms with Crippen molar-refractivity contribution in [2.75, 3.05) is 25.4 Å². The number of pyridine rings is 1. The van der Waals surface area contributed by atoms with Crippen LogP contribution in [0.3, 0.4) is 0 Å². The van der Waals surface area contributed by atoms with Crippen LogP contribution in [0.5, 0.6) is 0 Å². The lowest BCUT2D eigenvalue weighted by molar-refractivity contribution is 0.0240. The predicted octanol–water partition coefficient (Wildman–Crippen LogP) is 0.225. The zero-order valence-corrected chi connectivity index (χ0v) is 8.98. The van der Waals surface area contributed by atoms with Gasteiger partial charge in [0.2, 0.25) is 0 Å². The van der Waals surface area contributed by atoms with Gasteiger partial charge in [0.05, 0.1) is 18.3 Å². The molecule has 1 unspecified atom stereocenters. The Bertz CT molecular complexity index is 375. The van der Waals surface area contributed by atoms with Crippen molar-refractivity contribution >= 4 is 11.6 Å². The summed E-state index contributed by atoms with van der Waals surface area (Å²) in [5.74, 6) is 0.274. The van der Waals surface area contributed by atoms with Gasteiger partial charge in [0.1, 0.15) is 5.82 Å². The first kappa shape index (κ1) is 11.0. The SMILES string of the molecule is Nc1ncccc1C(=O)CC1CNCCO1. The number of carbonyl (C=O) groups is 1. The Balaban J connectivity index is 2.00. The predicted molar refractivity (Wildman–Crippen MR) is 60.2 cm³/mol. The second kappa shape index (κ2) is 5.05. The molecule has 86 valence electrons. The fourth-order valence-corrected chi connectivity index (χ4v) is 1.72. The van der Waals surface area contributed by atoms with Crippen molar-refractivity contribution in [3.63, 3.8) is 0 Å². The van der Waals surface area contributed by atoms with Gasteiger partial charge in [-0.15, -0.1) is 0 Å². The van der Waals surface area contributed by atoms with Gasteiger partial charge >= 0.3 is 0 Å². The summed E-state index contributed by atoms with van der Waals surface area (Å²) in [4.78, 5) is 15.8. The average molecular weight is 221 g/mol. The molecular weight excluding hydrogens is 206 g/mol. The van der Waals surface area contributed by atoms with Crippen LogP contribution in [0.1, 0.15) is 16.8 Å². The zero-order valence-electron chi connectivity index (χ0n) is 8.98. The molecule has 1 atom stereocenters. The molecule has 0 spiro atoms. The number of morpholine rings is 1. The number of nitrogens with one attached hydrogen (secondary N) is 1. The van der Waals surface area contributed by atoms with Gasteiger partial charge in [-0.3, -0.25) is 4.79 Å². The maximum absolute atomic E-state index is 11.9. The summed E-state index contributed by atoms with van der Waals surface area (Å²) in [6.45, 7) is 2.21. The topological polar surface area (TPSA) is 77.2 Å². The fourth-order valence-electron chi connectivity index (χ4n) is 1.72. The van der Waals surface area contributed by atoms with Gasteiger partial charge in [-0.2, -0.15) is 0 Å². The van der Waals surface area contributed by atoms with Gasteiger partial charge in [-0.1, -0.05) is 0 Å². The molecule has 1 aliphatic heterocycles. The molecule has 0 amide bonds. The number of rotatable bonds is 3. The minimum absolute atomic E-state index is 0.0145. The summed E-state index contributed by atoms with van der Waals surface area (Å²) in [5.41, 5.74) is 6.12. The minimum Gasteiger partial charge on any atom is -0.383 e. The van der Waals surface area contributed by atoms with Crippen LogP contribution >= 0.6 is 0 Å². The van der Waals surface area contributed by atoms with E-state index in [1.54, 1.807) is 18.3 Å². The van der Waals surface area contributed by atoms with Crippen molar-refractivity contribution in [1.29, 1.82) is 0 Å². The molecule has 2 heterocycles. The minimum atomic E-state index is -0.0548. The molecular formula is C11H15N3O2. The van der Waals surface area contributed by atoms with E-state index in [2.05, 4.69) is 10.3 Å². The van der Waals surface area contributed by atoms with Gasteiger partial charge in [-0.05, 0) is 12.1 Å². The van der Waals surface area contributed by atoms with E-state index in [-0.39, 0.29) is 17.7 Å². The number of nitrogen functional groups attached to an aromatic ring is 1. The van der Waals surface area contributed by atoms with Crippen molar-refractivity contribution < 1.29 is 9.53 Å². The number of nitrogens with zero attached hydrogens (tertiary/aromatic N) is 1. The first-order chi connectivity index (χ1) is 7.77. The van der Waals surface area contributed by atoms with E-state index >= 15 is 0 Å². The summed E-state index contributed by atoms with van der Waals surface area (Å²) < 4.78 is 5.47. The third-order valence-electron chi connectivity index (χ3n) is 2.56. The molecule has 1 aliphatic rings. The molecule has 0 aliphatic carbocycles. The molecule has 1 saturated heterocycles. The Morgan fingerprint density at radius 3 is 3.25 bits per heavy atom. The molecule has 1 fully saturated rings. The second-order valence-corrected chi connectivity index (χ2v) is 3.76. The van der Waals surface area contributed by atoms with E-state index in [0.29, 0.717) is 25.1 Å². The van der Waals surface area contributed by atoms with E-state index in [1.807, 2.05) is 0 Å². The monoisotopic (exact) mass is 221 g/mol. The molecule has 0 saturated carbocycles. The Labute approximate surface area is 94.0 Å². The largest absolute Gasteiger partial charge is 0.383 e. The second-order valence-electron chi connectivity index (χ2n) is 3.76. The number of nitrogens with two attached hydrogens (primary N) is 1. The van der Waals surface area contributed by atoms with Crippen LogP contribution in [0.4, 0.5) is 5.82 Å². The van der Waals surface area contributed by atoms with Gasteiger partial charge in [0.25, 0.3) is 0 Å². The highest BCUT2D eigenvalue weighted by molar-refractivity contribution is 6.00. The first-order valence-electron chi connectivity index (χ1n) is 5.33. The van der Waals surface area contributed by atoms with Gasteiger partial charge in [-0.25, -0.2) is 4.98 Å². The van der Waals surface area contributed by atoms with E-state index in [4.69, 9.17) is 10.5 Å².